The average molecular weight is 808 g/mol. The van der Waals surface area contributed by atoms with E-state index in [-0.39, 0.29) is 69.6 Å². The highest BCUT2D eigenvalue weighted by Crippen LogP contribution is 2.36. The van der Waals surface area contributed by atoms with E-state index in [1.54, 1.807) is 24.3 Å². The van der Waals surface area contributed by atoms with Crippen LogP contribution < -0.4 is 30.9 Å². The molecular weight excluding hydrogens is 753 g/mol. The number of morpholine rings is 1. The highest BCUT2D eigenvalue weighted by molar-refractivity contribution is 7.14. The van der Waals surface area contributed by atoms with E-state index in [0.717, 1.165) is 43.3 Å². The van der Waals surface area contributed by atoms with Crippen molar-refractivity contribution in [3.05, 3.63) is 29.1 Å². The lowest BCUT2D eigenvalue weighted by Crippen LogP contribution is -2.58. The van der Waals surface area contributed by atoms with Crippen LogP contribution >= 0.6 is 11.3 Å². The first-order chi connectivity index (χ1) is 27.2. The summed E-state index contributed by atoms with van der Waals surface area (Å²) in [5.74, 6) is -3.64. The molecule has 3 fully saturated rings. The van der Waals surface area contributed by atoms with Gasteiger partial charge >= 0.3 is 0 Å². The first-order valence-corrected chi connectivity index (χ1v) is 20.4. The summed E-state index contributed by atoms with van der Waals surface area (Å²) >= 11 is 1.42. The van der Waals surface area contributed by atoms with Gasteiger partial charge in [-0.25, -0.2) is 9.37 Å². The van der Waals surface area contributed by atoms with Gasteiger partial charge in [-0.15, -0.1) is 11.3 Å². The molecule has 2 aliphatic heterocycles. The maximum atomic E-state index is 14.8. The highest BCUT2D eigenvalue weighted by Gasteiger charge is 2.41. The molecule has 3 heterocycles. The Morgan fingerprint density at radius 1 is 0.946 bits per heavy atom. The summed E-state index contributed by atoms with van der Waals surface area (Å²) in [5, 5.41) is 13.8. The van der Waals surface area contributed by atoms with E-state index in [1.165, 1.54) is 17.4 Å². The van der Waals surface area contributed by atoms with E-state index in [9.17, 15) is 28.0 Å². The summed E-state index contributed by atoms with van der Waals surface area (Å²) in [4.78, 5) is 60.4. The Balaban J connectivity index is 0.960. The molecule has 0 spiro atoms. The number of halogens is 2. The molecule has 4 amide bonds. The number of aromatic nitrogens is 1. The van der Waals surface area contributed by atoms with Gasteiger partial charge in [0.2, 0.25) is 29.4 Å². The molecule has 2 aromatic rings. The molecule has 0 bridgehead atoms. The monoisotopic (exact) mass is 807 g/mol. The topological polar surface area (TPSA) is 173 Å². The maximum Gasteiger partial charge on any atom is 0.246 e. The lowest BCUT2D eigenvalue weighted by molar-refractivity contribution is -0.143. The van der Waals surface area contributed by atoms with Gasteiger partial charge in [-0.1, -0.05) is 19.3 Å². The van der Waals surface area contributed by atoms with Crippen molar-refractivity contribution in [1.29, 1.82) is 0 Å². The van der Waals surface area contributed by atoms with E-state index in [1.807, 2.05) is 0 Å². The number of ether oxygens (including phenoxy) is 4. The molecule has 18 heteroatoms. The van der Waals surface area contributed by atoms with Crippen molar-refractivity contribution in [3.8, 4) is 17.0 Å². The molecule has 5 rings (SSSR count). The van der Waals surface area contributed by atoms with Crippen LogP contribution in [0.1, 0.15) is 51.9 Å². The van der Waals surface area contributed by atoms with Crippen molar-refractivity contribution in [2.75, 3.05) is 90.9 Å². The molecule has 2 saturated heterocycles. The number of hydrogen-bond donors (Lipinski definition) is 4. The molecule has 3 atom stereocenters. The summed E-state index contributed by atoms with van der Waals surface area (Å²) in [6, 6.07) is 0.628. The van der Waals surface area contributed by atoms with Gasteiger partial charge in [-0.05, 0) is 57.7 Å². The van der Waals surface area contributed by atoms with Gasteiger partial charge < -0.3 is 50.0 Å². The summed E-state index contributed by atoms with van der Waals surface area (Å²) < 4.78 is 50.9. The molecule has 310 valence electrons. The summed E-state index contributed by atoms with van der Waals surface area (Å²) in [5.41, 5.74) is 0.836. The molecule has 0 radical (unpaired) electrons. The van der Waals surface area contributed by atoms with Gasteiger partial charge in [0, 0.05) is 37.1 Å². The van der Waals surface area contributed by atoms with Crippen LogP contribution in [-0.2, 0) is 33.4 Å². The molecule has 15 nitrogen and oxygen atoms in total. The van der Waals surface area contributed by atoms with E-state index < -0.39 is 41.6 Å². The van der Waals surface area contributed by atoms with Crippen LogP contribution in [0, 0.1) is 17.6 Å². The number of carbonyl (C=O) groups is 4. The number of thiazole rings is 1. The summed E-state index contributed by atoms with van der Waals surface area (Å²) in [6.07, 6.45) is 5.90. The van der Waals surface area contributed by atoms with Crippen molar-refractivity contribution in [2.45, 2.75) is 70.0 Å². The Kier molecular flexibility index (Phi) is 17.0. The van der Waals surface area contributed by atoms with Crippen LogP contribution in [-0.4, -0.2) is 138 Å². The number of anilines is 1. The van der Waals surface area contributed by atoms with Gasteiger partial charge in [0.05, 0.1) is 57.9 Å². The predicted octanol–water partition coefficient (Wildman–Crippen LogP) is 2.23. The number of benzene rings is 1. The molecule has 1 unspecified atom stereocenters. The van der Waals surface area contributed by atoms with Crippen LogP contribution in [0.4, 0.5) is 13.9 Å². The lowest BCUT2D eigenvalue weighted by Gasteiger charge is -2.35. The normalized spacial score (nSPS) is 18.7. The lowest BCUT2D eigenvalue weighted by atomic mass is 9.83. The van der Waals surface area contributed by atoms with Gasteiger partial charge in [0.25, 0.3) is 0 Å². The van der Waals surface area contributed by atoms with Crippen LogP contribution in [0.5, 0.6) is 5.75 Å². The van der Waals surface area contributed by atoms with E-state index in [0.29, 0.717) is 56.9 Å². The van der Waals surface area contributed by atoms with Crippen molar-refractivity contribution in [3.63, 3.8) is 0 Å². The first kappa shape index (κ1) is 43.2. The van der Waals surface area contributed by atoms with Crippen LogP contribution in [0.25, 0.3) is 11.3 Å². The zero-order chi connectivity index (χ0) is 39.9. The largest absolute Gasteiger partial charge is 0.487 e. The average Bonchev–Trinajstić information content (AvgIpc) is 3.93. The Labute approximate surface area is 330 Å². The van der Waals surface area contributed by atoms with Crippen molar-refractivity contribution >= 4 is 40.1 Å². The molecular formula is C38H55F2N7O8S. The van der Waals surface area contributed by atoms with Crippen molar-refractivity contribution in [1.82, 2.24) is 31.2 Å². The van der Waals surface area contributed by atoms with Gasteiger partial charge in [0.1, 0.15) is 18.7 Å². The number of likely N-dealkylation sites (tertiary alicyclic amines) is 1. The summed E-state index contributed by atoms with van der Waals surface area (Å²) in [7, 11) is 1.69. The van der Waals surface area contributed by atoms with Crippen molar-refractivity contribution < 1.29 is 46.9 Å². The number of likely N-dealkylation sites (N-methyl/N-ethyl adjacent to an activating group) is 1. The maximum absolute atomic E-state index is 14.8. The Morgan fingerprint density at radius 3 is 2.43 bits per heavy atom. The fraction of sp³-hybridized carbons (Fsp3) is 0.658. The van der Waals surface area contributed by atoms with E-state index in [4.69, 9.17) is 18.9 Å². The molecule has 1 aromatic carbocycles. The van der Waals surface area contributed by atoms with E-state index in [2.05, 4.69) is 31.2 Å². The number of amides is 4. The molecule has 1 saturated carbocycles. The fourth-order valence-corrected chi connectivity index (χ4v) is 7.92. The fourth-order valence-electron chi connectivity index (χ4n) is 7.04. The second-order valence-corrected chi connectivity index (χ2v) is 14.9. The Morgan fingerprint density at radius 2 is 1.68 bits per heavy atom. The van der Waals surface area contributed by atoms with Crippen molar-refractivity contribution in [2.24, 2.45) is 5.92 Å². The number of hydrogen-bond acceptors (Lipinski definition) is 12. The Hall–Kier alpha value is -3.97. The van der Waals surface area contributed by atoms with Gasteiger partial charge in [-0.3, -0.25) is 19.2 Å². The Bertz CT molecular complexity index is 1610. The van der Waals surface area contributed by atoms with Crippen LogP contribution in [0.2, 0.25) is 0 Å². The van der Waals surface area contributed by atoms with Gasteiger partial charge in [-0.2, -0.15) is 4.39 Å². The SMILES string of the molecule is CN[C@@H](C)C(=O)NC(C(=O)N1CCC[C@H]1C(=O)NCC(=O)NCCOCCOCCOc1c(-c2csc(N3CCOCC3)n2)ccc(F)c1F)C1CCCCC1. The van der Waals surface area contributed by atoms with E-state index >= 15 is 0 Å². The standard InChI is InChI=1S/C38H55F2N7O8S/c1-25(41-2)35(49)45-33(26-7-4-3-5-8-26)37(51)47-13-6-9-30(47)36(50)43-23-31(48)42-12-16-52-19-20-54-21-22-55-34-27(10-11-28(39)32(34)40)29-24-56-38(44-29)46-14-17-53-18-15-46/h10-11,24-26,30,33,41H,3-9,12-23H2,1-2H3,(H,42,48)(H,43,50)(H,45,49)/t25-,30-,33?/m0/s1. The number of nitrogens with zero attached hydrogens (tertiary/aromatic N) is 3. The minimum absolute atomic E-state index is 0.0124. The molecule has 56 heavy (non-hydrogen) atoms. The van der Waals surface area contributed by atoms with Crippen LogP contribution in [0.3, 0.4) is 0 Å². The molecule has 4 N–H and O–H groups in total. The highest BCUT2D eigenvalue weighted by atomic mass is 32.1. The third-order valence-electron chi connectivity index (χ3n) is 10.3. The predicted molar refractivity (Wildman–Crippen MR) is 205 cm³/mol. The third kappa shape index (κ3) is 12.0. The van der Waals surface area contributed by atoms with Crippen LogP contribution in [0.15, 0.2) is 17.5 Å². The quantitative estimate of drug-likeness (QED) is 0.145. The number of rotatable bonds is 20. The number of nitrogens with one attached hydrogen (secondary N) is 4. The smallest absolute Gasteiger partial charge is 0.246 e. The zero-order valence-electron chi connectivity index (χ0n) is 32.2. The minimum Gasteiger partial charge on any atom is -0.487 e. The van der Waals surface area contributed by atoms with Gasteiger partial charge in [0.15, 0.2) is 16.7 Å². The molecule has 1 aliphatic carbocycles. The molecule has 3 aliphatic rings. The summed E-state index contributed by atoms with van der Waals surface area (Å²) in [6.45, 7) is 5.40. The second kappa shape index (κ2) is 22.1. The second-order valence-electron chi connectivity index (χ2n) is 14.1. The molecule has 1 aromatic heterocycles. The third-order valence-corrected chi connectivity index (χ3v) is 11.2. The zero-order valence-corrected chi connectivity index (χ0v) is 33.1. The first-order valence-electron chi connectivity index (χ1n) is 19.5. The number of carbonyl (C=O) groups excluding carboxylic acids is 4. The minimum atomic E-state index is -1.09.